The maximum atomic E-state index is 12.7. The molecule has 2 aliphatic carbocycles. The number of carbonyl (C=O) groups excluding carboxylic acids is 1. The van der Waals surface area contributed by atoms with Gasteiger partial charge >= 0.3 is 0 Å². The summed E-state index contributed by atoms with van der Waals surface area (Å²) < 4.78 is 5.64. The zero-order chi connectivity index (χ0) is 13.4. The number of fused-ring (bicyclic) bond motifs is 1. The summed E-state index contributed by atoms with van der Waals surface area (Å²) in [5, 5.41) is 0. The predicted molar refractivity (Wildman–Crippen MR) is 74.8 cm³/mol. The van der Waals surface area contributed by atoms with Gasteiger partial charge in [-0.15, -0.1) is 0 Å². The van der Waals surface area contributed by atoms with Gasteiger partial charge in [0.05, 0.1) is 0 Å². The molecule has 0 aromatic rings. The summed E-state index contributed by atoms with van der Waals surface area (Å²) in [5.41, 5.74) is 0. The normalized spacial score (nSPS) is 38.3. The van der Waals surface area contributed by atoms with Crippen molar-refractivity contribution in [3.63, 3.8) is 0 Å². The topological polar surface area (TPSA) is 29.5 Å². The van der Waals surface area contributed by atoms with Crippen LogP contribution in [0.2, 0.25) is 0 Å². The highest BCUT2D eigenvalue weighted by atomic mass is 16.5. The Bertz CT molecular complexity index is 330. The van der Waals surface area contributed by atoms with Gasteiger partial charge in [0.15, 0.2) is 0 Å². The fourth-order valence-corrected chi connectivity index (χ4v) is 4.80. The molecule has 0 aromatic heterocycles. The number of nitrogens with zero attached hydrogens (tertiary/aromatic N) is 1. The maximum Gasteiger partial charge on any atom is 0.251 e. The van der Waals surface area contributed by atoms with Crippen LogP contribution in [0.3, 0.4) is 0 Å². The first-order valence-corrected chi connectivity index (χ1v) is 8.13. The van der Waals surface area contributed by atoms with E-state index >= 15 is 0 Å². The molecule has 4 rings (SSSR count). The molecule has 5 atom stereocenters. The number of hydrogen-bond donors (Lipinski definition) is 0. The van der Waals surface area contributed by atoms with Crippen molar-refractivity contribution >= 4 is 5.91 Å². The number of carbonyl (C=O) groups is 1. The van der Waals surface area contributed by atoms with Crippen LogP contribution in [0, 0.1) is 17.8 Å². The first-order valence-electron chi connectivity index (χ1n) is 8.13. The van der Waals surface area contributed by atoms with E-state index in [1.165, 1.54) is 32.1 Å². The van der Waals surface area contributed by atoms with Crippen molar-refractivity contribution in [1.82, 2.24) is 4.90 Å². The first kappa shape index (κ1) is 13.4. The Hall–Kier alpha value is -0.570. The average molecular weight is 265 g/mol. The van der Waals surface area contributed by atoms with Crippen LogP contribution >= 0.6 is 0 Å². The first-order chi connectivity index (χ1) is 9.21. The van der Waals surface area contributed by atoms with Crippen molar-refractivity contribution < 1.29 is 9.53 Å². The van der Waals surface area contributed by atoms with Gasteiger partial charge in [0, 0.05) is 19.2 Å². The fourth-order valence-electron chi connectivity index (χ4n) is 4.80. The zero-order valence-corrected chi connectivity index (χ0v) is 12.3. The lowest BCUT2D eigenvalue weighted by atomic mass is 9.68. The van der Waals surface area contributed by atoms with E-state index in [1.54, 1.807) is 0 Å². The van der Waals surface area contributed by atoms with Gasteiger partial charge in [-0.1, -0.05) is 6.92 Å². The molecule has 0 spiro atoms. The van der Waals surface area contributed by atoms with Crippen LogP contribution in [-0.2, 0) is 9.53 Å². The smallest absolute Gasteiger partial charge is 0.251 e. The maximum absolute atomic E-state index is 12.7. The summed E-state index contributed by atoms with van der Waals surface area (Å²) in [4.78, 5) is 14.9. The zero-order valence-electron chi connectivity index (χ0n) is 12.3. The molecule has 3 heteroatoms. The standard InChI is InChI=1S/C16H27NO2/c1-3-15(19-4-2)16(18)17-10-13-6-11-5-12(7-13)9-14(17)8-11/h11-15H,3-10H2,1-2H3/t11-,12+,13?,14?,15-/m1/s1. The van der Waals surface area contributed by atoms with Crippen LogP contribution in [0.15, 0.2) is 0 Å². The summed E-state index contributed by atoms with van der Waals surface area (Å²) in [6.45, 7) is 5.67. The fraction of sp³-hybridized carbons (Fsp3) is 0.938. The van der Waals surface area contributed by atoms with Crippen LogP contribution < -0.4 is 0 Å². The quantitative estimate of drug-likeness (QED) is 0.782. The van der Waals surface area contributed by atoms with Gasteiger partial charge in [-0.25, -0.2) is 0 Å². The Morgan fingerprint density at radius 3 is 2.32 bits per heavy atom. The van der Waals surface area contributed by atoms with E-state index in [4.69, 9.17) is 4.74 Å². The molecule has 4 bridgehead atoms. The summed E-state index contributed by atoms with van der Waals surface area (Å²) in [6, 6.07) is 0.512. The molecule has 108 valence electrons. The third kappa shape index (κ3) is 2.54. The Morgan fingerprint density at radius 2 is 1.74 bits per heavy atom. The van der Waals surface area contributed by atoms with Gasteiger partial charge < -0.3 is 9.64 Å². The molecule has 0 N–H and O–H groups in total. The molecule has 2 saturated heterocycles. The molecule has 19 heavy (non-hydrogen) atoms. The predicted octanol–water partition coefficient (Wildman–Crippen LogP) is 2.84. The minimum absolute atomic E-state index is 0.208. The lowest BCUT2D eigenvalue weighted by Gasteiger charge is -2.39. The SMILES string of the molecule is CCO[C@H](CC)C(=O)N1CC2C[C@@H]3CC1C[C@H](C2)C3. The monoisotopic (exact) mass is 265 g/mol. The molecule has 0 aromatic carbocycles. The van der Waals surface area contributed by atoms with E-state index in [0.717, 1.165) is 30.7 Å². The molecule has 4 aliphatic rings. The van der Waals surface area contributed by atoms with Gasteiger partial charge in [-0.2, -0.15) is 0 Å². The van der Waals surface area contributed by atoms with E-state index in [0.29, 0.717) is 12.6 Å². The number of amides is 1. The van der Waals surface area contributed by atoms with Gasteiger partial charge in [0.1, 0.15) is 6.10 Å². The Kier molecular flexibility index (Phi) is 3.84. The average Bonchev–Trinajstić information content (AvgIpc) is 2.59. The summed E-state index contributed by atoms with van der Waals surface area (Å²) in [7, 11) is 0. The second-order valence-electron chi connectivity index (χ2n) is 6.77. The van der Waals surface area contributed by atoms with Crippen molar-refractivity contribution in [2.24, 2.45) is 17.8 Å². The molecule has 2 saturated carbocycles. The van der Waals surface area contributed by atoms with Crippen molar-refractivity contribution in [2.75, 3.05) is 13.2 Å². The van der Waals surface area contributed by atoms with Crippen molar-refractivity contribution in [3.8, 4) is 0 Å². The van der Waals surface area contributed by atoms with Gasteiger partial charge in [0.2, 0.25) is 0 Å². The van der Waals surface area contributed by atoms with Crippen LogP contribution in [-0.4, -0.2) is 36.1 Å². The number of hydrogen-bond acceptors (Lipinski definition) is 2. The summed E-state index contributed by atoms with van der Waals surface area (Å²) in [5.74, 6) is 2.82. The molecule has 2 aliphatic heterocycles. The van der Waals surface area contributed by atoms with Crippen LogP contribution in [0.4, 0.5) is 0 Å². The summed E-state index contributed by atoms with van der Waals surface area (Å²) >= 11 is 0. The largest absolute Gasteiger partial charge is 0.369 e. The summed E-state index contributed by atoms with van der Waals surface area (Å²) in [6.07, 6.45) is 7.25. The third-order valence-corrected chi connectivity index (χ3v) is 5.40. The second-order valence-corrected chi connectivity index (χ2v) is 6.77. The van der Waals surface area contributed by atoms with E-state index in [2.05, 4.69) is 11.8 Å². The van der Waals surface area contributed by atoms with Crippen LogP contribution in [0.25, 0.3) is 0 Å². The van der Waals surface area contributed by atoms with Gasteiger partial charge in [0.25, 0.3) is 5.91 Å². The lowest BCUT2D eigenvalue weighted by molar-refractivity contribution is -0.146. The van der Waals surface area contributed by atoms with Crippen molar-refractivity contribution in [3.05, 3.63) is 0 Å². The molecular formula is C16H27NO2. The minimum atomic E-state index is -0.208. The van der Waals surface area contributed by atoms with E-state index in [1.807, 2.05) is 6.92 Å². The molecule has 1 amide bonds. The third-order valence-electron chi connectivity index (χ3n) is 5.40. The Morgan fingerprint density at radius 1 is 1.11 bits per heavy atom. The Labute approximate surface area is 116 Å². The highest BCUT2D eigenvalue weighted by Gasteiger charge is 2.44. The molecule has 4 fully saturated rings. The number of rotatable bonds is 4. The van der Waals surface area contributed by atoms with E-state index < -0.39 is 0 Å². The van der Waals surface area contributed by atoms with E-state index in [9.17, 15) is 4.79 Å². The molecular weight excluding hydrogens is 238 g/mol. The number of ether oxygens (including phenoxy) is 1. The molecule has 2 unspecified atom stereocenters. The van der Waals surface area contributed by atoms with Crippen LogP contribution in [0.5, 0.6) is 0 Å². The highest BCUT2D eigenvalue weighted by molar-refractivity contribution is 5.81. The lowest BCUT2D eigenvalue weighted by Crippen LogP contribution is -2.47. The minimum Gasteiger partial charge on any atom is -0.369 e. The van der Waals surface area contributed by atoms with Gasteiger partial charge in [-0.3, -0.25) is 4.79 Å². The molecule has 2 heterocycles. The van der Waals surface area contributed by atoms with E-state index in [-0.39, 0.29) is 12.0 Å². The second kappa shape index (κ2) is 5.43. The molecule has 0 radical (unpaired) electrons. The van der Waals surface area contributed by atoms with Crippen molar-refractivity contribution in [1.29, 1.82) is 0 Å². The highest BCUT2D eigenvalue weighted by Crippen LogP contribution is 2.47. The van der Waals surface area contributed by atoms with Gasteiger partial charge in [-0.05, 0) is 63.2 Å². The Balaban J connectivity index is 1.75. The van der Waals surface area contributed by atoms with Crippen LogP contribution in [0.1, 0.15) is 52.4 Å². The van der Waals surface area contributed by atoms with Crippen molar-refractivity contribution in [2.45, 2.75) is 64.5 Å². The molecule has 3 nitrogen and oxygen atoms in total.